The molecule has 0 bridgehead atoms. The van der Waals surface area contributed by atoms with Crippen molar-refractivity contribution in [2.24, 2.45) is 0 Å². The van der Waals surface area contributed by atoms with E-state index in [1.54, 1.807) is 0 Å². The quantitative estimate of drug-likeness (QED) is 0.637. The number of nitrogens with one attached hydrogen (secondary N) is 2. The molecule has 0 aliphatic carbocycles. The van der Waals surface area contributed by atoms with Gasteiger partial charge in [0, 0.05) is 0 Å². The van der Waals surface area contributed by atoms with E-state index >= 15 is 0 Å². The largest absolute Gasteiger partial charge is 0.509 e. The van der Waals surface area contributed by atoms with Crippen LogP contribution in [-0.2, 0) is 0 Å². The number of aromatic amines is 1. The summed E-state index contributed by atoms with van der Waals surface area (Å²) in [5.74, 6) is 1.59. The number of rotatable bonds is 1. The lowest BCUT2D eigenvalue weighted by atomic mass is 10.1. The smallest absolute Gasteiger partial charge is 0.145 e. The number of hydrogen-bond donors (Lipinski definition) is 3. The lowest BCUT2D eigenvalue weighted by Crippen LogP contribution is -2.42. The molecule has 124 valence electrons. The number of benzene rings is 2. The number of anilines is 1. The van der Waals surface area contributed by atoms with Crippen LogP contribution in [0.1, 0.15) is 11.4 Å². The minimum Gasteiger partial charge on any atom is -0.509 e. The summed E-state index contributed by atoms with van der Waals surface area (Å²) in [5, 5.41) is 19.5. The zero-order valence-electron chi connectivity index (χ0n) is 13.6. The lowest BCUT2D eigenvalue weighted by molar-refractivity contribution is 0.253. The van der Waals surface area contributed by atoms with Crippen LogP contribution < -0.4 is 9.64 Å². The Balaban J connectivity index is 1.65. The lowest BCUT2D eigenvalue weighted by Gasteiger charge is -2.33. The Morgan fingerprint density at radius 2 is 2.12 bits per heavy atom. The number of amidine groups is 1. The van der Waals surface area contributed by atoms with Gasteiger partial charge in [-0.15, -0.1) is 0 Å². The van der Waals surface area contributed by atoms with Gasteiger partial charge in [-0.2, -0.15) is 0 Å². The van der Waals surface area contributed by atoms with E-state index in [-0.39, 0.29) is 11.6 Å². The average Bonchev–Trinajstić information content (AvgIpc) is 3.13. The zero-order chi connectivity index (χ0) is 17.1. The first-order valence-electron chi connectivity index (χ1n) is 8.13. The number of aryl methyl sites for hydroxylation is 1. The number of imidazole rings is 1. The molecule has 3 aromatic rings. The predicted octanol–water partition coefficient (Wildman–Crippen LogP) is 3.40. The first kappa shape index (κ1) is 14.1. The Bertz CT molecular complexity index is 1030. The van der Waals surface area contributed by atoms with Crippen LogP contribution in [0.5, 0.6) is 5.75 Å². The molecule has 0 spiro atoms. The third-order valence-electron chi connectivity index (χ3n) is 4.76. The molecule has 6 heteroatoms. The molecule has 0 amide bonds. The minimum absolute atomic E-state index is 0.121. The number of hydrogen-bond acceptors (Lipinski definition) is 4. The van der Waals surface area contributed by atoms with E-state index in [1.165, 1.54) is 0 Å². The molecule has 0 saturated heterocycles. The number of aliphatic hydroxyl groups excluding tert-OH is 1. The highest BCUT2D eigenvalue weighted by atomic mass is 16.5. The molecular weight excluding hydrogens is 316 g/mol. The Morgan fingerprint density at radius 1 is 1.28 bits per heavy atom. The van der Waals surface area contributed by atoms with E-state index in [0.717, 1.165) is 28.0 Å². The van der Waals surface area contributed by atoms with Crippen molar-refractivity contribution in [3.05, 3.63) is 59.6 Å². The van der Waals surface area contributed by atoms with Crippen molar-refractivity contribution in [2.75, 3.05) is 11.5 Å². The molecule has 3 N–H and O–H groups in total. The number of aliphatic hydroxyl groups is 1. The van der Waals surface area contributed by atoms with Crippen molar-refractivity contribution in [1.82, 2.24) is 9.97 Å². The van der Waals surface area contributed by atoms with Gasteiger partial charge < -0.3 is 19.7 Å². The molecule has 1 atom stereocenters. The zero-order valence-corrected chi connectivity index (χ0v) is 13.6. The fourth-order valence-corrected chi connectivity index (χ4v) is 3.54. The van der Waals surface area contributed by atoms with E-state index < -0.39 is 6.04 Å². The Morgan fingerprint density at radius 3 is 2.96 bits per heavy atom. The van der Waals surface area contributed by atoms with Gasteiger partial charge in [-0.25, -0.2) is 4.98 Å². The second kappa shape index (κ2) is 4.86. The van der Waals surface area contributed by atoms with Crippen molar-refractivity contribution < 1.29 is 9.84 Å². The molecule has 2 aliphatic heterocycles. The standard InChI is InChI=1S/C19H16N4O2/c1-10-6-7-15-13(8-10)23-14(9-25-15)17(24)16(18(23)20)19-21-11-4-2-3-5-12(11)22-19/h2-8,14,20,24H,9H2,1H3,(H,21,22). The number of para-hydroxylation sites is 2. The van der Waals surface area contributed by atoms with Crippen molar-refractivity contribution in [2.45, 2.75) is 13.0 Å². The number of H-pyrrole nitrogens is 1. The van der Waals surface area contributed by atoms with E-state index in [4.69, 9.17) is 10.1 Å². The summed E-state index contributed by atoms with van der Waals surface area (Å²) in [5.41, 5.74) is 4.00. The molecule has 0 fully saturated rings. The van der Waals surface area contributed by atoms with Crippen LogP contribution in [0.15, 0.2) is 48.2 Å². The summed E-state index contributed by atoms with van der Waals surface area (Å²) < 4.78 is 5.79. The van der Waals surface area contributed by atoms with Gasteiger partial charge in [0.2, 0.25) is 0 Å². The SMILES string of the molecule is Cc1ccc2c(c1)N1C(=N)C(c3nc4ccccc4[nH]3)=C(O)C1CO2. The second-order valence-electron chi connectivity index (χ2n) is 6.38. The van der Waals surface area contributed by atoms with E-state index in [9.17, 15) is 5.11 Å². The monoisotopic (exact) mass is 332 g/mol. The topological polar surface area (TPSA) is 85.2 Å². The number of ether oxygens (including phenoxy) is 1. The summed E-state index contributed by atoms with van der Waals surface area (Å²) in [4.78, 5) is 9.57. The van der Waals surface area contributed by atoms with Gasteiger partial charge in [0.05, 0.1) is 22.3 Å². The van der Waals surface area contributed by atoms with Gasteiger partial charge in [0.15, 0.2) is 0 Å². The van der Waals surface area contributed by atoms with E-state index in [0.29, 0.717) is 18.0 Å². The first-order chi connectivity index (χ1) is 12.1. The van der Waals surface area contributed by atoms with Gasteiger partial charge in [0.1, 0.15) is 35.8 Å². The molecule has 25 heavy (non-hydrogen) atoms. The van der Waals surface area contributed by atoms with E-state index in [2.05, 4.69) is 9.97 Å². The maximum atomic E-state index is 10.8. The van der Waals surface area contributed by atoms with Gasteiger partial charge >= 0.3 is 0 Å². The van der Waals surface area contributed by atoms with Crippen LogP contribution in [0.25, 0.3) is 16.6 Å². The Labute approximate surface area is 143 Å². The molecule has 6 nitrogen and oxygen atoms in total. The summed E-state index contributed by atoms with van der Waals surface area (Å²) in [6, 6.07) is 13.1. The first-order valence-corrected chi connectivity index (χ1v) is 8.13. The third-order valence-corrected chi connectivity index (χ3v) is 4.76. The maximum Gasteiger partial charge on any atom is 0.145 e. The summed E-state index contributed by atoms with van der Waals surface area (Å²) in [7, 11) is 0. The normalized spacial score (nSPS) is 19.2. The molecule has 2 aliphatic rings. The van der Waals surface area contributed by atoms with Gasteiger partial charge in [0.25, 0.3) is 0 Å². The fraction of sp³-hybridized carbons (Fsp3) is 0.158. The van der Waals surface area contributed by atoms with E-state index in [1.807, 2.05) is 54.3 Å². The Hall–Kier alpha value is -3.28. The third kappa shape index (κ3) is 1.91. The molecule has 0 saturated carbocycles. The van der Waals surface area contributed by atoms with Crippen molar-refractivity contribution in [1.29, 1.82) is 5.41 Å². The highest BCUT2D eigenvalue weighted by Crippen LogP contribution is 2.42. The van der Waals surface area contributed by atoms with Crippen LogP contribution >= 0.6 is 0 Å². The predicted molar refractivity (Wildman–Crippen MR) is 96.3 cm³/mol. The van der Waals surface area contributed by atoms with Crippen LogP contribution in [0.4, 0.5) is 5.69 Å². The number of nitrogens with zero attached hydrogens (tertiary/aromatic N) is 2. The molecular formula is C19H16N4O2. The van der Waals surface area contributed by atoms with Gasteiger partial charge in [-0.05, 0) is 36.8 Å². The van der Waals surface area contributed by atoms with Crippen molar-refractivity contribution in [3.63, 3.8) is 0 Å². The Kier molecular flexibility index (Phi) is 2.74. The molecule has 5 rings (SSSR count). The highest BCUT2D eigenvalue weighted by molar-refractivity contribution is 6.31. The molecule has 2 aromatic carbocycles. The average molecular weight is 332 g/mol. The van der Waals surface area contributed by atoms with Crippen molar-refractivity contribution in [3.8, 4) is 5.75 Å². The summed E-state index contributed by atoms with van der Waals surface area (Å²) in [6.07, 6.45) is 0. The fourth-order valence-electron chi connectivity index (χ4n) is 3.54. The number of fused-ring (bicyclic) bond motifs is 4. The van der Waals surface area contributed by atoms with Gasteiger partial charge in [-0.3, -0.25) is 5.41 Å². The van der Waals surface area contributed by atoms with Crippen molar-refractivity contribution >= 4 is 28.1 Å². The molecule has 0 radical (unpaired) electrons. The van der Waals surface area contributed by atoms with Crippen LogP contribution in [0, 0.1) is 12.3 Å². The maximum absolute atomic E-state index is 10.8. The van der Waals surface area contributed by atoms with Crippen LogP contribution in [0.2, 0.25) is 0 Å². The minimum atomic E-state index is -0.398. The highest BCUT2D eigenvalue weighted by Gasteiger charge is 2.43. The molecule has 1 aromatic heterocycles. The van der Waals surface area contributed by atoms with Crippen LogP contribution in [0.3, 0.4) is 0 Å². The second-order valence-corrected chi connectivity index (χ2v) is 6.38. The summed E-state index contributed by atoms with van der Waals surface area (Å²) in [6.45, 7) is 2.30. The van der Waals surface area contributed by atoms with Crippen LogP contribution in [-0.4, -0.2) is 33.6 Å². The van der Waals surface area contributed by atoms with Gasteiger partial charge in [-0.1, -0.05) is 18.2 Å². The molecule has 3 heterocycles. The summed E-state index contributed by atoms with van der Waals surface area (Å²) >= 11 is 0. The molecule has 1 unspecified atom stereocenters. The number of aromatic nitrogens is 2.